The Morgan fingerprint density at radius 1 is 1.09 bits per heavy atom. The molecular formula is C27H32N4O. The van der Waals surface area contributed by atoms with Crippen LogP contribution in [0.5, 0.6) is 0 Å². The zero-order chi connectivity index (χ0) is 22.4. The van der Waals surface area contributed by atoms with Crippen molar-refractivity contribution in [3.05, 3.63) is 77.1 Å². The minimum absolute atomic E-state index is 0.0344. The van der Waals surface area contributed by atoms with Crippen molar-refractivity contribution in [3.8, 4) is 0 Å². The summed E-state index contributed by atoms with van der Waals surface area (Å²) in [6.45, 7) is 8.53. The van der Waals surface area contributed by atoms with E-state index in [1.54, 1.807) is 0 Å². The van der Waals surface area contributed by atoms with Crippen LogP contribution in [-0.2, 0) is 4.79 Å². The van der Waals surface area contributed by atoms with Crippen molar-refractivity contribution in [1.29, 1.82) is 0 Å². The molecule has 166 valence electrons. The lowest BCUT2D eigenvalue weighted by molar-refractivity contribution is -0.122. The molecule has 1 atom stereocenters. The molecule has 1 unspecified atom stereocenters. The van der Waals surface area contributed by atoms with Gasteiger partial charge in [-0.25, -0.2) is 4.98 Å². The summed E-state index contributed by atoms with van der Waals surface area (Å²) >= 11 is 0. The molecule has 0 spiro atoms. The molecule has 5 nitrogen and oxygen atoms in total. The summed E-state index contributed by atoms with van der Waals surface area (Å²) in [5.74, 6) is 0.814. The summed E-state index contributed by atoms with van der Waals surface area (Å²) in [5.41, 5.74) is 7.55. The van der Waals surface area contributed by atoms with Crippen molar-refractivity contribution in [2.24, 2.45) is 11.8 Å². The molecule has 3 aliphatic heterocycles. The highest BCUT2D eigenvalue weighted by molar-refractivity contribution is 5.98. The maximum atomic E-state index is 13.5. The van der Waals surface area contributed by atoms with Gasteiger partial charge < -0.3 is 9.30 Å². The van der Waals surface area contributed by atoms with E-state index < -0.39 is 0 Å². The fourth-order valence-corrected chi connectivity index (χ4v) is 5.16. The normalized spacial score (nSPS) is 22.9. The molecule has 2 aromatic heterocycles. The number of carbonyl (C=O) groups excluding carboxylic acids is 1. The summed E-state index contributed by atoms with van der Waals surface area (Å²) in [7, 11) is 2.18. The molecule has 32 heavy (non-hydrogen) atoms. The number of fused-ring (bicyclic) bond motifs is 2. The van der Waals surface area contributed by atoms with Gasteiger partial charge >= 0.3 is 0 Å². The number of imidazole rings is 1. The van der Waals surface area contributed by atoms with Gasteiger partial charge in [-0.1, -0.05) is 19.1 Å². The van der Waals surface area contributed by atoms with E-state index >= 15 is 0 Å². The first kappa shape index (κ1) is 21.0. The summed E-state index contributed by atoms with van der Waals surface area (Å²) in [6, 6.07) is 2.17. The molecule has 0 saturated carbocycles. The van der Waals surface area contributed by atoms with E-state index in [2.05, 4.69) is 71.9 Å². The fourth-order valence-electron chi connectivity index (χ4n) is 5.16. The summed E-state index contributed by atoms with van der Waals surface area (Å²) in [5, 5.41) is 0. The van der Waals surface area contributed by atoms with Gasteiger partial charge in [0.25, 0.3) is 5.91 Å². The average Bonchev–Trinajstić information content (AvgIpc) is 3.16. The van der Waals surface area contributed by atoms with Gasteiger partial charge in [0.2, 0.25) is 0 Å². The average molecular weight is 429 g/mol. The Balaban J connectivity index is 1.49. The van der Waals surface area contributed by atoms with Crippen LogP contribution in [-0.4, -0.2) is 45.2 Å². The molecular weight excluding hydrogens is 396 g/mol. The quantitative estimate of drug-likeness (QED) is 0.684. The van der Waals surface area contributed by atoms with E-state index in [9.17, 15) is 4.79 Å². The fraction of sp³-hybridized carbons (Fsp3) is 0.407. The molecule has 5 rings (SSSR count). The summed E-state index contributed by atoms with van der Waals surface area (Å²) < 4.78 is 2.08. The highest BCUT2D eigenvalue weighted by Gasteiger charge is 2.26. The Bertz CT molecular complexity index is 1190. The van der Waals surface area contributed by atoms with E-state index in [1.165, 1.54) is 5.57 Å². The van der Waals surface area contributed by atoms with Crippen LogP contribution in [0.3, 0.4) is 0 Å². The number of rotatable bonds is 2. The Morgan fingerprint density at radius 2 is 1.88 bits per heavy atom. The highest BCUT2D eigenvalue weighted by atomic mass is 16.2. The van der Waals surface area contributed by atoms with Gasteiger partial charge in [0, 0.05) is 30.4 Å². The van der Waals surface area contributed by atoms with E-state index in [0.717, 1.165) is 66.1 Å². The van der Waals surface area contributed by atoms with Crippen molar-refractivity contribution in [2.45, 2.75) is 40.0 Å². The standard InChI is InChI=1S/C27H32N4O/c1-18-5-7-24-8-6-22(21-9-11-29(4)12-10-21)17-31(24)26(32)14-25(18)23-13-19(2)27-28-20(3)15-30(27)16-23/h6-8,13-18,21H,5,9-12H2,1-4H3. The zero-order valence-corrected chi connectivity index (χ0v) is 19.5. The number of likely N-dealkylation sites (tertiary alicyclic amines) is 1. The van der Waals surface area contributed by atoms with Gasteiger partial charge in [-0.3, -0.25) is 9.69 Å². The predicted octanol–water partition coefficient (Wildman–Crippen LogP) is 4.88. The number of aromatic nitrogens is 2. The Labute approximate surface area is 190 Å². The number of hydrogen-bond donors (Lipinski definition) is 0. The molecule has 1 amide bonds. The van der Waals surface area contributed by atoms with E-state index in [1.807, 2.05) is 24.1 Å². The highest BCUT2D eigenvalue weighted by Crippen LogP contribution is 2.34. The first-order valence-electron chi connectivity index (χ1n) is 11.7. The number of carbonyl (C=O) groups is 1. The van der Waals surface area contributed by atoms with Crippen LogP contribution < -0.4 is 0 Å². The Hall–Kier alpha value is -2.92. The molecule has 0 aliphatic carbocycles. The minimum Gasteiger partial charge on any atom is -0.306 e. The van der Waals surface area contributed by atoms with Crippen LogP contribution in [0.25, 0.3) is 11.2 Å². The van der Waals surface area contributed by atoms with Crippen LogP contribution >= 0.6 is 0 Å². The molecule has 1 fully saturated rings. The molecule has 3 aliphatic rings. The van der Waals surface area contributed by atoms with Crippen molar-refractivity contribution < 1.29 is 4.79 Å². The van der Waals surface area contributed by atoms with Gasteiger partial charge in [0.15, 0.2) is 0 Å². The number of piperidine rings is 1. The lowest BCUT2D eigenvalue weighted by Gasteiger charge is -2.33. The summed E-state index contributed by atoms with van der Waals surface area (Å²) in [6.07, 6.45) is 17.8. The van der Waals surface area contributed by atoms with E-state index in [-0.39, 0.29) is 11.8 Å². The number of hydrogen-bond acceptors (Lipinski definition) is 3. The Kier molecular flexibility index (Phi) is 5.38. The first-order chi connectivity index (χ1) is 15.4. The van der Waals surface area contributed by atoms with E-state index in [0.29, 0.717) is 5.92 Å². The van der Waals surface area contributed by atoms with Gasteiger partial charge in [0.1, 0.15) is 5.65 Å². The molecule has 0 N–H and O–H groups in total. The molecule has 2 aromatic rings. The van der Waals surface area contributed by atoms with Crippen LogP contribution in [0.1, 0.15) is 43.0 Å². The van der Waals surface area contributed by atoms with Gasteiger partial charge in [-0.2, -0.15) is 0 Å². The van der Waals surface area contributed by atoms with Crippen molar-refractivity contribution >= 4 is 17.1 Å². The topological polar surface area (TPSA) is 40.9 Å². The molecule has 0 aromatic carbocycles. The molecule has 0 bridgehead atoms. The second-order valence-electron chi connectivity index (χ2n) is 9.64. The lowest BCUT2D eigenvalue weighted by atomic mass is 9.87. The van der Waals surface area contributed by atoms with Crippen LogP contribution in [0, 0.1) is 25.7 Å². The minimum atomic E-state index is 0.0344. The maximum absolute atomic E-state index is 13.5. The number of amides is 1. The molecule has 1 saturated heterocycles. The number of allylic oxidation sites excluding steroid dienone is 5. The van der Waals surface area contributed by atoms with Crippen LogP contribution in [0.2, 0.25) is 0 Å². The van der Waals surface area contributed by atoms with E-state index in [4.69, 9.17) is 0 Å². The molecule has 5 heterocycles. The zero-order valence-electron chi connectivity index (χ0n) is 19.5. The smallest absolute Gasteiger partial charge is 0.255 e. The SMILES string of the molecule is Cc1cn2cc(C3=CC(=O)N4C=C(C5CCN(C)CC5)C=CC4=CCC3C)cc(C)c2n1. The van der Waals surface area contributed by atoms with Crippen LogP contribution in [0.4, 0.5) is 0 Å². The maximum Gasteiger partial charge on any atom is 0.255 e. The second-order valence-corrected chi connectivity index (χ2v) is 9.64. The third-order valence-electron chi connectivity index (χ3n) is 7.11. The monoisotopic (exact) mass is 428 g/mol. The molecule has 5 heteroatoms. The van der Waals surface area contributed by atoms with Crippen molar-refractivity contribution in [2.75, 3.05) is 20.1 Å². The lowest BCUT2D eigenvalue weighted by Crippen LogP contribution is -2.32. The van der Waals surface area contributed by atoms with Gasteiger partial charge in [0.05, 0.1) is 5.69 Å². The summed E-state index contributed by atoms with van der Waals surface area (Å²) in [4.78, 5) is 22.3. The second kappa shape index (κ2) is 8.21. The van der Waals surface area contributed by atoms with Gasteiger partial charge in [-0.15, -0.1) is 0 Å². The van der Waals surface area contributed by atoms with Gasteiger partial charge in [-0.05, 0) is 99.5 Å². The van der Waals surface area contributed by atoms with Crippen molar-refractivity contribution in [3.63, 3.8) is 0 Å². The number of aryl methyl sites for hydroxylation is 2. The van der Waals surface area contributed by atoms with Crippen LogP contribution in [0.15, 0.2) is 60.2 Å². The largest absolute Gasteiger partial charge is 0.306 e. The third kappa shape index (κ3) is 3.86. The molecule has 0 radical (unpaired) electrons. The Morgan fingerprint density at radius 3 is 2.66 bits per heavy atom. The number of pyridine rings is 1. The third-order valence-corrected chi connectivity index (χ3v) is 7.11. The van der Waals surface area contributed by atoms with Crippen molar-refractivity contribution in [1.82, 2.24) is 19.2 Å². The number of nitrogens with zero attached hydrogens (tertiary/aromatic N) is 4. The first-order valence-corrected chi connectivity index (χ1v) is 11.7. The predicted molar refractivity (Wildman–Crippen MR) is 129 cm³/mol.